The van der Waals surface area contributed by atoms with Crippen LogP contribution in [0.25, 0.3) is 0 Å². The maximum atomic E-state index is 11.6. The average Bonchev–Trinajstić information content (AvgIpc) is 2.13. The third-order valence-corrected chi connectivity index (χ3v) is 3.39. The molecule has 2 aliphatic rings. The molecular formula is C12H14N2O2. The van der Waals surface area contributed by atoms with Crippen molar-refractivity contribution in [2.24, 2.45) is 0 Å². The van der Waals surface area contributed by atoms with Crippen molar-refractivity contribution in [3.8, 4) is 5.75 Å². The van der Waals surface area contributed by atoms with Crippen LogP contribution >= 0.6 is 0 Å². The Balaban J connectivity index is 2.00. The van der Waals surface area contributed by atoms with Gasteiger partial charge in [0, 0.05) is 12.1 Å². The van der Waals surface area contributed by atoms with E-state index in [1.54, 1.807) is 12.1 Å². The summed E-state index contributed by atoms with van der Waals surface area (Å²) in [7, 11) is 0. The number of amides is 1. The zero-order chi connectivity index (χ0) is 11.1. The molecule has 0 saturated heterocycles. The Morgan fingerprint density at radius 1 is 1.38 bits per heavy atom. The molecule has 1 amide bonds. The lowest BCUT2D eigenvalue weighted by Gasteiger charge is -2.41. The van der Waals surface area contributed by atoms with Crippen LogP contribution in [0.2, 0.25) is 0 Å². The van der Waals surface area contributed by atoms with Gasteiger partial charge in [0.25, 0.3) is 0 Å². The molecule has 1 heterocycles. The molecule has 4 nitrogen and oxygen atoms in total. The van der Waals surface area contributed by atoms with Crippen LogP contribution in [-0.2, 0) is 4.79 Å². The summed E-state index contributed by atoms with van der Waals surface area (Å²) in [5.74, 6) is 0.194. The molecule has 16 heavy (non-hydrogen) atoms. The molecular weight excluding hydrogens is 204 g/mol. The topological polar surface area (TPSA) is 52.6 Å². The molecule has 1 aliphatic carbocycles. The highest BCUT2D eigenvalue weighted by molar-refractivity contribution is 6.01. The Labute approximate surface area is 93.9 Å². The molecule has 84 valence electrons. The van der Waals surface area contributed by atoms with Crippen LogP contribution in [-0.4, -0.2) is 23.6 Å². The molecule has 0 unspecified atom stereocenters. The number of hydrogen-bond donors (Lipinski definition) is 2. The SMILES string of the molecule is O=C1CN(C2CCC2)c2ccc(O)cc2N1. The van der Waals surface area contributed by atoms with Crippen LogP contribution in [0.15, 0.2) is 18.2 Å². The fourth-order valence-electron chi connectivity index (χ4n) is 2.33. The largest absolute Gasteiger partial charge is 0.508 e. The lowest BCUT2D eigenvalue weighted by atomic mass is 9.90. The van der Waals surface area contributed by atoms with Crippen molar-refractivity contribution >= 4 is 17.3 Å². The molecule has 1 aromatic rings. The third-order valence-electron chi connectivity index (χ3n) is 3.39. The van der Waals surface area contributed by atoms with E-state index in [4.69, 9.17) is 0 Å². The van der Waals surface area contributed by atoms with E-state index in [1.165, 1.54) is 6.42 Å². The van der Waals surface area contributed by atoms with Crippen LogP contribution in [0.1, 0.15) is 19.3 Å². The Hall–Kier alpha value is -1.71. The Kier molecular flexibility index (Phi) is 2.02. The van der Waals surface area contributed by atoms with Gasteiger partial charge in [-0.3, -0.25) is 4.79 Å². The number of fused-ring (bicyclic) bond motifs is 1. The van der Waals surface area contributed by atoms with Gasteiger partial charge in [-0.1, -0.05) is 0 Å². The van der Waals surface area contributed by atoms with Crippen molar-refractivity contribution in [2.45, 2.75) is 25.3 Å². The van der Waals surface area contributed by atoms with Crippen LogP contribution in [0.5, 0.6) is 5.75 Å². The van der Waals surface area contributed by atoms with Gasteiger partial charge in [-0.05, 0) is 31.4 Å². The number of carbonyl (C=O) groups excluding carboxylic acids is 1. The number of phenolic OH excluding ortho intramolecular Hbond substituents is 1. The van der Waals surface area contributed by atoms with Crippen molar-refractivity contribution in [3.05, 3.63) is 18.2 Å². The van der Waals surface area contributed by atoms with Gasteiger partial charge in [0.15, 0.2) is 0 Å². The van der Waals surface area contributed by atoms with Crippen molar-refractivity contribution in [3.63, 3.8) is 0 Å². The molecule has 0 radical (unpaired) electrons. The Morgan fingerprint density at radius 2 is 2.19 bits per heavy atom. The molecule has 0 spiro atoms. The van der Waals surface area contributed by atoms with Gasteiger partial charge >= 0.3 is 0 Å². The van der Waals surface area contributed by atoms with E-state index in [1.807, 2.05) is 6.07 Å². The summed E-state index contributed by atoms with van der Waals surface area (Å²) >= 11 is 0. The number of carbonyl (C=O) groups is 1. The first-order valence-corrected chi connectivity index (χ1v) is 5.63. The zero-order valence-electron chi connectivity index (χ0n) is 8.94. The van der Waals surface area contributed by atoms with Gasteiger partial charge in [0.05, 0.1) is 17.9 Å². The van der Waals surface area contributed by atoms with E-state index in [-0.39, 0.29) is 11.7 Å². The first-order valence-electron chi connectivity index (χ1n) is 5.63. The molecule has 2 N–H and O–H groups in total. The van der Waals surface area contributed by atoms with Gasteiger partial charge < -0.3 is 15.3 Å². The average molecular weight is 218 g/mol. The van der Waals surface area contributed by atoms with Crippen molar-refractivity contribution < 1.29 is 9.90 Å². The first-order chi connectivity index (χ1) is 7.74. The van der Waals surface area contributed by atoms with Crippen molar-refractivity contribution in [1.82, 2.24) is 0 Å². The van der Waals surface area contributed by atoms with Gasteiger partial charge in [0.1, 0.15) is 5.75 Å². The lowest BCUT2D eigenvalue weighted by Crippen LogP contribution is -2.47. The standard InChI is InChI=1S/C12H14N2O2/c15-9-4-5-11-10(6-9)13-12(16)7-14(11)8-2-1-3-8/h4-6,8,15H,1-3,7H2,(H,13,16). The fraction of sp³-hybridized carbons (Fsp3) is 0.417. The lowest BCUT2D eigenvalue weighted by molar-refractivity contribution is -0.115. The zero-order valence-corrected chi connectivity index (χ0v) is 8.94. The number of aromatic hydroxyl groups is 1. The maximum Gasteiger partial charge on any atom is 0.243 e. The summed E-state index contributed by atoms with van der Waals surface area (Å²) in [6, 6.07) is 5.65. The van der Waals surface area contributed by atoms with Crippen LogP contribution in [0.4, 0.5) is 11.4 Å². The van der Waals surface area contributed by atoms with E-state index in [2.05, 4.69) is 10.2 Å². The minimum Gasteiger partial charge on any atom is -0.508 e. The molecule has 3 rings (SSSR count). The van der Waals surface area contributed by atoms with E-state index in [0.29, 0.717) is 12.6 Å². The monoisotopic (exact) mass is 218 g/mol. The minimum atomic E-state index is 0.00463. The normalized spacial score (nSPS) is 20.0. The number of rotatable bonds is 1. The van der Waals surface area contributed by atoms with Crippen LogP contribution in [0.3, 0.4) is 0 Å². The van der Waals surface area contributed by atoms with Crippen LogP contribution in [0, 0.1) is 0 Å². The predicted molar refractivity (Wildman–Crippen MR) is 61.7 cm³/mol. The highest BCUT2D eigenvalue weighted by Crippen LogP contribution is 2.37. The molecule has 4 heteroatoms. The van der Waals surface area contributed by atoms with Crippen molar-refractivity contribution in [2.75, 3.05) is 16.8 Å². The second-order valence-corrected chi connectivity index (χ2v) is 4.46. The molecule has 1 saturated carbocycles. The van der Waals surface area contributed by atoms with Gasteiger partial charge in [-0.2, -0.15) is 0 Å². The van der Waals surface area contributed by atoms with E-state index >= 15 is 0 Å². The maximum absolute atomic E-state index is 11.6. The third kappa shape index (κ3) is 1.41. The Morgan fingerprint density at radius 3 is 2.88 bits per heavy atom. The minimum absolute atomic E-state index is 0.00463. The molecule has 1 fully saturated rings. The molecule has 1 aromatic carbocycles. The second kappa shape index (κ2) is 3.40. The molecule has 1 aliphatic heterocycles. The summed E-state index contributed by atoms with van der Waals surface area (Å²) in [4.78, 5) is 13.7. The number of nitrogens with one attached hydrogen (secondary N) is 1. The number of hydrogen-bond acceptors (Lipinski definition) is 3. The predicted octanol–water partition coefficient (Wildman–Crippen LogP) is 1.70. The van der Waals surface area contributed by atoms with Gasteiger partial charge in [-0.15, -0.1) is 0 Å². The summed E-state index contributed by atoms with van der Waals surface area (Å²) in [6.07, 6.45) is 3.57. The summed E-state index contributed by atoms with van der Waals surface area (Å²) in [5.41, 5.74) is 1.75. The molecule has 0 bridgehead atoms. The fourth-order valence-corrected chi connectivity index (χ4v) is 2.33. The summed E-state index contributed by atoms with van der Waals surface area (Å²) < 4.78 is 0. The van der Waals surface area contributed by atoms with E-state index in [9.17, 15) is 9.90 Å². The second-order valence-electron chi connectivity index (χ2n) is 4.46. The number of benzene rings is 1. The highest BCUT2D eigenvalue weighted by Gasteiger charge is 2.31. The number of phenols is 1. The van der Waals surface area contributed by atoms with Crippen molar-refractivity contribution in [1.29, 1.82) is 0 Å². The summed E-state index contributed by atoms with van der Waals surface area (Å²) in [5, 5.41) is 12.2. The Bertz CT molecular complexity index is 441. The number of nitrogens with zero attached hydrogens (tertiary/aromatic N) is 1. The summed E-state index contributed by atoms with van der Waals surface area (Å²) in [6.45, 7) is 0.433. The van der Waals surface area contributed by atoms with Crippen LogP contribution < -0.4 is 10.2 Å². The quantitative estimate of drug-likeness (QED) is 0.754. The highest BCUT2D eigenvalue weighted by atomic mass is 16.3. The van der Waals surface area contributed by atoms with Gasteiger partial charge in [0.2, 0.25) is 5.91 Å². The van der Waals surface area contributed by atoms with Gasteiger partial charge in [-0.25, -0.2) is 0 Å². The number of anilines is 2. The van der Waals surface area contributed by atoms with E-state index < -0.39 is 0 Å². The van der Waals surface area contributed by atoms with E-state index in [0.717, 1.165) is 24.2 Å². The smallest absolute Gasteiger partial charge is 0.243 e. The molecule has 0 aromatic heterocycles. The molecule has 0 atom stereocenters. The first kappa shape index (κ1) is 9.51.